The number of carbonyl (C=O) groups is 4. The van der Waals surface area contributed by atoms with Crippen LogP contribution < -0.4 is 33.2 Å². The number of hydrogen-bond acceptors (Lipinski definition) is 7. The van der Waals surface area contributed by atoms with Crippen LogP contribution in [0.1, 0.15) is 39.2 Å². The van der Waals surface area contributed by atoms with Crippen LogP contribution in [0.25, 0.3) is 0 Å². The maximum Gasteiger partial charge on any atom is 0.326 e. The summed E-state index contributed by atoms with van der Waals surface area (Å²) in [5, 5.41) is 27.1. The maximum atomic E-state index is 13.0. The minimum Gasteiger partial charge on any atom is -0.480 e. The number of amides is 3. The third-order valence-corrected chi connectivity index (χ3v) is 5.51. The zero-order valence-electron chi connectivity index (χ0n) is 21.4. The predicted molar refractivity (Wildman–Crippen MR) is 138 cm³/mol. The Labute approximate surface area is 216 Å². The van der Waals surface area contributed by atoms with E-state index in [4.69, 9.17) is 17.2 Å². The van der Waals surface area contributed by atoms with E-state index in [2.05, 4.69) is 20.9 Å². The van der Waals surface area contributed by atoms with Crippen LogP contribution in [0.5, 0.6) is 0 Å². The fourth-order valence-corrected chi connectivity index (χ4v) is 3.41. The molecule has 0 bridgehead atoms. The van der Waals surface area contributed by atoms with Crippen molar-refractivity contribution in [1.82, 2.24) is 16.0 Å². The number of nitrogens with zero attached hydrogens (tertiary/aromatic N) is 1. The number of nitrogens with one attached hydrogen (secondary N) is 3. The van der Waals surface area contributed by atoms with Crippen molar-refractivity contribution < 1.29 is 29.4 Å². The van der Waals surface area contributed by atoms with Crippen LogP contribution in [-0.4, -0.2) is 76.7 Å². The number of benzene rings is 1. The number of aliphatic imine (C=N–C) groups is 1. The molecule has 13 nitrogen and oxygen atoms in total. The van der Waals surface area contributed by atoms with E-state index < -0.39 is 54.0 Å². The van der Waals surface area contributed by atoms with Crippen LogP contribution in [-0.2, 0) is 25.6 Å². The molecule has 0 unspecified atom stereocenters. The number of aliphatic carboxylic acids is 1. The Balaban J connectivity index is 2.85. The molecule has 206 valence electrons. The molecule has 0 heterocycles. The van der Waals surface area contributed by atoms with Crippen molar-refractivity contribution >= 4 is 29.7 Å². The van der Waals surface area contributed by atoms with E-state index in [1.54, 1.807) is 44.2 Å². The fraction of sp³-hybridized carbons (Fsp3) is 0.542. The van der Waals surface area contributed by atoms with E-state index in [9.17, 15) is 29.4 Å². The topological polar surface area (TPSA) is 235 Å². The van der Waals surface area contributed by atoms with Crippen LogP contribution in [0.3, 0.4) is 0 Å². The number of aliphatic hydroxyl groups excluding tert-OH is 1. The van der Waals surface area contributed by atoms with Gasteiger partial charge in [0.05, 0.1) is 12.1 Å². The van der Waals surface area contributed by atoms with Gasteiger partial charge in [-0.25, -0.2) is 4.79 Å². The maximum absolute atomic E-state index is 13.0. The van der Waals surface area contributed by atoms with Crippen molar-refractivity contribution in [3.63, 3.8) is 0 Å². The molecule has 37 heavy (non-hydrogen) atoms. The van der Waals surface area contributed by atoms with E-state index in [0.717, 1.165) is 0 Å². The quantitative estimate of drug-likeness (QED) is 0.0736. The summed E-state index contributed by atoms with van der Waals surface area (Å²) in [6, 6.07) is 3.96. The third-order valence-electron chi connectivity index (χ3n) is 5.51. The number of guanidine groups is 1. The highest BCUT2D eigenvalue weighted by molar-refractivity contribution is 5.94. The van der Waals surface area contributed by atoms with Crippen LogP contribution in [0.2, 0.25) is 0 Å². The molecule has 0 aliphatic carbocycles. The average molecular weight is 522 g/mol. The molecule has 1 rings (SSSR count). The summed E-state index contributed by atoms with van der Waals surface area (Å²) < 4.78 is 0. The minimum atomic E-state index is -1.46. The molecule has 0 spiro atoms. The number of carboxylic acid groups (broad SMARTS) is 1. The van der Waals surface area contributed by atoms with Gasteiger partial charge in [0.1, 0.15) is 18.1 Å². The molecule has 13 heteroatoms. The molecule has 0 aromatic heterocycles. The molecule has 0 radical (unpaired) electrons. The Kier molecular flexibility index (Phi) is 13.0. The highest BCUT2D eigenvalue weighted by atomic mass is 16.4. The smallest absolute Gasteiger partial charge is 0.326 e. The number of carboxylic acids is 1. The molecule has 0 fully saturated rings. The van der Waals surface area contributed by atoms with Crippen molar-refractivity contribution in [2.45, 2.75) is 70.3 Å². The Hall–Kier alpha value is -3.71. The lowest BCUT2D eigenvalue weighted by Crippen LogP contribution is -2.61. The van der Waals surface area contributed by atoms with Gasteiger partial charge >= 0.3 is 5.97 Å². The third kappa shape index (κ3) is 11.3. The Bertz CT molecular complexity index is 935. The first-order valence-corrected chi connectivity index (χ1v) is 12.0. The first-order chi connectivity index (χ1) is 17.3. The van der Waals surface area contributed by atoms with E-state index in [0.29, 0.717) is 18.5 Å². The summed E-state index contributed by atoms with van der Waals surface area (Å²) in [5.41, 5.74) is 17.1. The zero-order chi connectivity index (χ0) is 28.1. The Morgan fingerprint density at radius 2 is 1.49 bits per heavy atom. The van der Waals surface area contributed by atoms with Gasteiger partial charge < -0.3 is 43.4 Å². The average Bonchev–Trinajstić information content (AvgIpc) is 2.82. The summed E-state index contributed by atoms with van der Waals surface area (Å²) in [6.45, 7) is 4.95. The molecule has 0 aliphatic heterocycles. The van der Waals surface area contributed by atoms with E-state index in [-0.39, 0.29) is 24.7 Å². The highest BCUT2D eigenvalue weighted by Crippen LogP contribution is 2.07. The zero-order valence-corrected chi connectivity index (χ0v) is 21.4. The Morgan fingerprint density at radius 3 is 2.00 bits per heavy atom. The molecule has 11 N–H and O–H groups in total. The lowest BCUT2D eigenvalue weighted by molar-refractivity contribution is -0.143. The molecule has 1 aromatic rings. The van der Waals surface area contributed by atoms with Gasteiger partial charge in [0.2, 0.25) is 17.7 Å². The molecule has 5 atom stereocenters. The minimum absolute atomic E-state index is 0.00807. The van der Waals surface area contributed by atoms with Crippen molar-refractivity contribution in [2.24, 2.45) is 28.1 Å². The van der Waals surface area contributed by atoms with Crippen LogP contribution in [0, 0.1) is 5.92 Å². The SMILES string of the molecule is CC(C)[C@H](NC(=O)[C@@H](N)CCCN=C(N)N)C(=O)N[C@H](C(=O)N[C@@H](Cc1ccccc1)C(=O)O)[C@@H](C)O. The lowest BCUT2D eigenvalue weighted by Gasteiger charge is -2.28. The number of nitrogens with two attached hydrogens (primary N) is 3. The molecular weight excluding hydrogens is 482 g/mol. The van der Waals surface area contributed by atoms with Gasteiger partial charge in [0.15, 0.2) is 5.96 Å². The van der Waals surface area contributed by atoms with Gasteiger partial charge in [-0.05, 0) is 31.2 Å². The number of rotatable bonds is 15. The summed E-state index contributed by atoms with van der Waals surface area (Å²) in [5.74, 6) is -3.91. The summed E-state index contributed by atoms with van der Waals surface area (Å²) in [7, 11) is 0. The van der Waals surface area contributed by atoms with Gasteiger partial charge in [0, 0.05) is 13.0 Å². The standard InChI is InChI=1S/C24H39N7O6/c1-13(2)18(30-20(33)16(25)10-7-11-28-24(26)27)21(34)31-19(14(3)32)22(35)29-17(23(36)37)12-15-8-5-4-6-9-15/h4-6,8-9,13-14,16-19,32H,7,10-12,25H2,1-3H3,(H,29,35)(H,30,33)(H,31,34)(H,36,37)(H4,26,27,28)/t14-,16+,17+,18+,19+/m1/s1. The molecule has 3 amide bonds. The predicted octanol–water partition coefficient (Wildman–Crippen LogP) is -1.81. The highest BCUT2D eigenvalue weighted by Gasteiger charge is 2.33. The van der Waals surface area contributed by atoms with Crippen molar-refractivity contribution in [3.8, 4) is 0 Å². The molecule has 0 saturated carbocycles. The second kappa shape index (κ2) is 15.4. The second-order valence-corrected chi connectivity index (χ2v) is 9.10. The van der Waals surface area contributed by atoms with E-state index in [1.165, 1.54) is 6.92 Å². The van der Waals surface area contributed by atoms with Crippen LogP contribution in [0.15, 0.2) is 35.3 Å². The van der Waals surface area contributed by atoms with Gasteiger partial charge in [-0.15, -0.1) is 0 Å². The summed E-state index contributed by atoms with van der Waals surface area (Å²) in [6.07, 6.45) is -0.625. The largest absolute Gasteiger partial charge is 0.480 e. The molecule has 0 aliphatic rings. The van der Waals surface area contributed by atoms with E-state index in [1.807, 2.05) is 0 Å². The molecule has 1 aromatic carbocycles. The van der Waals surface area contributed by atoms with Gasteiger partial charge in [0.25, 0.3) is 0 Å². The second-order valence-electron chi connectivity index (χ2n) is 9.10. The Morgan fingerprint density at radius 1 is 0.919 bits per heavy atom. The number of carbonyl (C=O) groups excluding carboxylic acids is 3. The fourth-order valence-electron chi connectivity index (χ4n) is 3.41. The molecule has 0 saturated heterocycles. The van der Waals surface area contributed by atoms with Gasteiger partial charge in [-0.1, -0.05) is 44.2 Å². The van der Waals surface area contributed by atoms with Gasteiger partial charge in [-0.2, -0.15) is 0 Å². The first kappa shape index (κ1) is 31.3. The normalized spacial score (nSPS) is 15.0. The van der Waals surface area contributed by atoms with Crippen molar-refractivity contribution in [2.75, 3.05) is 6.54 Å². The monoisotopic (exact) mass is 521 g/mol. The van der Waals surface area contributed by atoms with E-state index >= 15 is 0 Å². The van der Waals surface area contributed by atoms with Crippen molar-refractivity contribution in [1.29, 1.82) is 0 Å². The van der Waals surface area contributed by atoms with Gasteiger partial charge in [-0.3, -0.25) is 19.4 Å². The lowest BCUT2D eigenvalue weighted by atomic mass is 10.0. The molecular formula is C24H39N7O6. The number of hydrogen-bond donors (Lipinski definition) is 8. The van der Waals surface area contributed by atoms with Crippen LogP contribution in [0.4, 0.5) is 0 Å². The summed E-state index contributed by atoms with van der Waals surface area (Å²) in [4.78, 5) is 53.9. The van der Waals surface area contributed by atoms with Crippen LogP contribution >= 0.6 is 0 Å². The first-order valence-electron chi connectivity index (χ1n) is 12.0. The number of aliphatic hydroxyl groups is 1. The summed E-state index contributed by atoms with van der Waals surface area (Å²) >= 11 is 0. The van der Waals surface area contributed by atoms with Crippen molar-refractivity contribution in [3.05, 3.63) is 35.9 Å².